The fourth-order valence-corrected chi connectivity index (χ4v) is 3.58. The van der Waals surface area contributed by atoms with Crippen LogP contribution in [-0.4, -0.2) is 34.1 Å². The van der Waals surface area contributed by atoms with Gasteiger partial charge < -0.3 is 14.5 Å². The lowest BCUT2D eigenvalue weighted by Gasteiger charge is -2.30. The molecule has 1 aromatic heterocycles. The molecule has 0 bridgehead atoms. The Balaban J connectivity index is 1.84. The van der Waals surface area contributed by atoms with Gasteiger partial charge in [-0.05, 0) is 50.6 Å². The number of imidazole rings is 1. The van der Waals surface area contributed by atoms with Gasteiger partial charge in [0.2, 0.25) is 0 Å². The van der Waals surface area contributed by atoms with Crippen LogP contribution in [0.2, 0.25) is 0 Å². The van der Waals surface area contributed by atoms with Gasteiger partial charge in [0.25, 0.3) is 0 Å². The molecule has 1 unspecified atom stereocenters. The van der Waals surface area contributed by atoms with Crippen molar-refractivity contribution in [2.45, 2.75) is 32.2 Å². The van der Waals surface area contributed by atoms with Crippen LogP contribution in [0, 0.1) is 4.77 Å². The first-order chi connectivity index (χ1) is 10.3. The van der Waals surface area contributed by atoms with Crippen molar-refractivity contribution in [2.24, 2.45) is 0 Å². The van der Waals surface area contributed by atoms with Gasteiger partial charge in [0, 0.05) is 18.8 Å². The predicted molar refractivity (Wildman–Crippen MR) is 90.1 cm³/mol. The van der Waals surface area contributed by atoms with Gasteiger partial charge in [-0.2, -0.15) is 0 Å². The normalized spacial score (nSPS) is 17.8. The fraction of sp³-hybridized carbons (Fsp3) is 0.471. The molecule has 3 nitrogen and oxygen atoms in total. The Morgan fingerprint density at radius 1 is 1.14 bits per heavy atom. The van der Waals surface area contributed by atoms with Crippen LogP contribution in [-0.2, 0) is 0 Å². The zero-order valence-electron chi connectivity index (χ0n) is 12.6. The molecule has 0 aliphatic carbocycles. The summed E-state index contributed by atoms with van der Waals surface area (Å²) in [5, 5.41) is 0. The average molecular weight is 301 g/mol. The van der Waals surface area contributed by atoms with Gasteiger partial charge in [-0.15, -0.1) is 0 Å². The standard InChI is InChI=1S/C17H23N3S/c1-14(13-19-10-6-3-7-11-19)20-16(12-18-17(20)21)15-8-4-2-5-9-15/h2,4-5,8-9,12,14H,3,6-7,10-11,13H2,1H3,(H,18,21). The number of rotatable bonds is 4. The number of likely N-dealkylation sites (tertiary alicyclic amines) is 1. The van der Waals surface area contributed by atoms with Crippen molar-refractivity contribution in [2.75, 3.05) is 19.6 Å². The van der Waals surface area contributed by atoms with Crippen LogP contribution in [0.25, 0.3) is 11.3 Å². The van der Waals surface area contributed by atoms with Crippen molar-refractivity contribution >= 4 is 12.2 Å². The molecular weight excluding hydrogens is 278 g/mol. The highest BCUT2D eigenvalue weighted by molar-refractivity contribution is 7.71. The second-order valence-corrected chi connectivity index (χ2v) is 6.31. The minimum absolute atomic E-state index is 0.386. The molecule has 1 fully saturated rings. The van der Waals surface area contributed by atoms with Gasteiger partial charge in [-0.1, -0.05) is 36.8 Å². The van der Waals surface area contributed by atoms with Gasteiger partial charge in [0.05, 0.1) is 5.69 Å². The maximum Gasteiger partial charge on any atom is 0.177 e. The van der Waals surface area contributed by atoms with Crippen molar-refractivity contribution in [3.8, 4) is 11.3 Å². The van der Waals surface area contributed by atoms with E-state index in [1.165, 1.54) is 43.6 Å². The SMILES string of the molecule is CC(CN1CCCCC1)n1c(-c2ccccc2)c[nH]c1=S. The van der Waals surface area contributed by atoms with Crippen molar-refractivity contribution < 1.29 is 0 Å². The molecule has 3 rings (SSSR count). The van der Waals surface area contributed by atoms with E-state index in [9.17, 15) is 0 Å². The van der Waals surface area contributed by atoms with Crippen LogP contribution >= 0.6 is 12.2 Å². The number of nitrogens with zero attached hydrogens (tertiary/aromatic N) is 2. The molecule has 0 radical (unpaired) electrons. The van der Waals surface area contributed by atoms with Gasteiger partial charge in [0.1, 0.15) is 0 Å². The smallest absolute Gasteiger partial charge is 0.177 e. The first-order valence-electron chi connectivity index (χ1n) is 7.83. The second kappa shape index (κ2) is 6.58. The minimum Gasteiger partial charge on any atom is -0.337 e. The number of H-pyrrole nitrogens is 1. The molecule has 21 heavy (non-hydrogen) atoms. The van der Waals surface area contributed by atoms with Gasteiger partial charge in [-0.25, -0.2) is 0 Å². The largest absolute Gasteiger partial charge is 0.337 e. The quantitative estimate of drug-likeness (QED) is 0.853. The zero-order chi connectivity index (χ0) is 14.7. The molecule has 1 aliphatic rings. The van der Waals surface area contributed by atoms with Crippen LogP contribution in [0.5, 0.6) is 0 Å². The maximum atomic E-state index is 5.51. The summed E-state index contributed by atoms with van der Waals surface area (Å²) in [5.74, 6) is 0. The van der Waals surface area contributed by atoms with E-state index in [1.807, 2.05) is 12.3 Å². The molecule has 1 atom stereocenters. The highest BCUT2D eigenvalue weighted by Crippen LogP contribution is 2.24. The monoisotopic (exact) mass is 301 g/mol. The second-order valence-electron chi connectivity index (χ2n) is 5.93. The van der Waals surface area contributed by atoms with E-state index in [-0.39, 0.29) is 0 Å². The van der Waals surface area contributed by atoms with E-state index in [2.05, 4.69) is 45.6 Å². The first kappa shape index (κ1) is 14.5. The molecule has 0 spiro atoms. The van der Waals surface area contributed by atoms with Crippen LogP contribution in [0.1, 0.15) is 32.2 Å². The van der Waals surface area contributed by atoms with E-state index in [1.54, 1.807) is 0 Å². The Labute approximate surface area is 131 Å². The lowest BCUT2D eigenvalue weighted by atomic mass is 10.1. The zero-order valence-corrected chi connectivity index (χ0v) is 13.4. The average Bonchev–Trinajstić information content (AvgIpc) is 2.91. The van der Waals surface area contributed by atoms with Crippen molar-refractivity contribution in [1.29, 1.82) is 0 Å². The highest BCUT2D eigenvalue weighted by Gasteiger charge is 2.17. The molecule has 2 aromatic rings. The summed E-state index contributed by atoms with van der Waals surface area (Å²) in [4.78, 5) is 5.78. The Hall–Kier alpha value is -1.39. The first-order valence-corrected chi connectivity index (χ1v) is 8.24. The molecule has 0 amide bonds. The molecule has 112 valence electrons. The van der Waals surface area contributed by atoms with Gasteiger partial charge >= 0.3 is 0 Å². The Morgan fingerprint density at radius 3 is 2.57 bits per heavy atom. The molecule has 1 N–H and O–H groups in total. The fourth-order valence-electron chi connectivity index (χ4n) is 3.24. The molecule has 0 saturated carbocycles. The van der Waals surface area contributed by atoms with Crippen molar-refractivity contribution in [3.63, 3.8) is 0 Å². The van der Waals surface area contributed by atoms with Crippen LogP contribution in [0.4, 0.5) is 0 Å². The van der Waals surface area contributed by atoms with Crippen LogP contribution < -0.4 is 0 Å². The van der Waals surface area contributed by atoms with Crippen molar-refractivity contribution in [1.82, 2.24) is 14.5 Å². The summed E-state index contributed by atoms with van der Waals surface area (Å²) in [6.07, 6.45) is 6.07. The van der Waals surface area contributed by atoms with E-state index < -0.39 is 0 Å². The van der Waals surface area contributed by atoms with E-state index in [4.69, 9.17) is 12.2 Å². The summed E-state index contributed by atoms with van der Waals surface area (Å²) in [7, 11) is 0. The van der Waals surface area contributed by atoms with E-state index in [0.717, 1.165) is 11.3 Å². The number of piperidine rings is 1. The number of nitrogens with one attached hydrogen (secondary N) is 1. The number of benzene rings is 1. The Morgan fingerprint density at radius 2 is 1.86 bits per heavy atom. The molecule has 1 aromatic carbocycles. The topological polar surface area (TPSA) is 24.0 Å². The van der Waals surface area contributed by atoms with E-state index >= 15 is 0 Å². The Bertz CT molecular complexity index is 623. The van der Waals surface area contributed by atoms with Crippen LogP contribution in [0.15, 0.2) is 36.5 Å². The summed E-state index contributed by atoms with van der Waals surface area (Å²) in [6, 6.07) is 10.9. The summed E-state index contributed by atoms with van der Waals surface area (Å²) in [6.45, 7) is 5.79. The molecule has 4 heteroatoms. The maximum absolute atomic E-state index is 5.51. The number of hydrogen-bond acceptors (Lipinski definition) is 2. The molecule has 2 heterocycles. The summed E-state index contributed by atoms with van der Waals surface area (Å²) >= 11 is 5.51. The lowest BCUT2D eigenvalue weighted by Crippen LogP contribution is -2.34. The molecule has 1 aliphatic heterocycles. The van der Waals surface area contributed by atoms with Gasteiger partial charge in [0.15, 0.2) is 4.77 Å². The van der Waals surface area contributed by atoms with E-state index in [0.29, 0.717) is 6.04 Å². The summed E-state index contributed by atoms with van der Waals surface area (Å²) in [5.41, 5.74) is 2.40. The van der Waals surface area contributed by atoms with Gasteiger partial charge in [-0.3, -0.25) is 0 Å². The molecular formula is C17H23N3S. The molecule has 1 saturated heterocycles. The minimum atomic E-state index is 0.386. The van der Waals surface area contributed by atoms with Crippen molar-refractivity contribution in [3.05, 3.63) is 41.3 Å². The summed E-state index contributed by atoms with van der Waals surface area (Å²) < 4.78 is 3.08. The third kappa shape index (κ3) is 3.27. The lowest BCUT2D eigenvalue weighted by molar-refractivity contribution is 0.202. The third-order valence-corrected chi connectivity index (χ3v) is 4.61. The third-order valence-electron chi connectivity index (χ3n) is 4.29. The number of aromatic amines is 1. The Kier molecular flexibility index (Phi) is 4.56. The number of hydrogen-bond donors (Lipinski definition) is 1. The van der Waals surface area contributed by atoms with Crippen LogP contribution in [0.3, 0.4) is 0 Å². The highest BCUT2D eigenvalue weighted by atomic mass is 32.1. The number of aromatic nitrogens is 2. The predicted octanol–water partition coefficient (Wildman–Crippen LogP) is 4.26.